The average molecular weight is 483 g/mol. The van der Waals surface area contributed by atoms with E-state index in [4.69, 9.17) is 26.3 Å². The fraction of sp³-hybridized carbons (Fsp3) is 0.345. The van der Waals surface area contributed by atoms with Crippen LogP contribution in [0.5, 0.6) is 5.75 Å². The fourth-order valence-corrected chi connectivity index (χ4v) is 5.05. The molecule has 0 atom stereocenters. The van der Waals surface area contributed by atoms with Crippen molar-refractivity contribution in [2.75, 3.05) is 13.1 Å². The molecule has 7 nitrogen and oxygen atoms in total. The number of nitrogens with one attached hydrogen (secondary N) is 2. The van der Waals surface area contributed by atoms with E-state index in [9.17, 15) is 0 Å². The highest BCUT2D eigenvalue weighted by molar-refractivity contribution is 5.99. The third-order valence-electron chi connectivity index (χ3n) is 7.04. The van der Waals surface area contributed by atoms with Crippen molar-refractivity contribution in [2.24, 2.45) is 5.73 Å². The Morgan fingerprint density at radius 3 is 2.47 bits per heavy atom. The van der Waals surface area contributed by atoms with Gasteiger partial charge in [0.15, 0.2) is 0 Å². The molecule has 0 aliphatic carbocycles. The number of nitrogens with two attached hydrogens (primary N) is 1. The predicted molar refractivity (Wildman–Crippen MR) is 147 cm³/mol. The zero-order valence-corrected chi connectivity index (χ0v) is 21.2. The van der Waals surface area contributed by atoms with Crippen LogP contribution in [-0.4, -0.2) is 45.3 Å². The minimum absolute atomic E-state index is 0.0819. The fourth-order valence-electron chi connectivity index (χ4n) is 5.05. The van der Waals surface area contributed by atoms with Crippen molar-refractivity contribution >= 4 is 33.5 Å². The van der Waals surface area contributed by atoms with E-state index in [0.29, 0.717) is 12.4 Å². The lowest BCUT2D eigenvalue weighted by molar-refractivity contribution is 0.130. The van der Waals surface area contributed by atoms with Gasteiger partial charge in [0.05, 0.1) is 16.9 Å². The summed E-state index contributed by atoms with van der Waals surface area (Å²) in [4.78, 5) is 7.10. The first-order valence-corrected chi connectivity index (χ1v) is 12.6. The van der Waals surface area contributed by atoms with Crippen molar-refractivity contribution in [3.63, 3.8) is 0 Å². The first-order valence-electron chi connectivity index (χ1n) is 12.6. The number of hydrogen-bond acceptors (Lipinski definition) is 4. The van der Waals surface area contributed by atoms with E-state index >= 15 is 0 Å². The van der Waals surface area contributed by atoms with Crippen LogP contribution in [0.25, 0.3) is 21.8 Å². The summed E-state index contributed by atoms with van der Waals surface area (Å²) in [5.74, 6) is 2.90. The highest BCUT2D eigenvalue weighted by Crippen LogP contribution is 2.29. The summed E-state index contributed by atoms with van der Waals surface area (Å²) < 4.78 is 8.62. The van der Waals surface area contributed by atoms with E-state index in [1.54, 1.807) is 0 Å². The van der Waals surface area contributed by atoms with Crippen LogP contribution in [0.15, 0.2) is 54.6 Å². The lowest BCUT2D eigenvalue weighted by Crippen LogP contribution is -2.40. The zero-order chi connectivity index (χ0) is 25.4. The molecule has 4 aromatic rings. The second-order valence-electron chi connectivity index (χ2n) is 10.1. The van der Waals surface area contributed by atoms with Crippen molar-refractivity contribution in [1.82, 2.24) is 14.5 Å². The first kappa shape index (κ1) is 23.9. The molecule has 0 amide bonds. The van der Waals surface area contributed by atoms with Gasteiger partial charge >= 0.3 is 0 Å². The lowest BCUT2D eigenvalue weighted by Gasteiger charge is -2.32. The molecule has 0 unspecified atom stereocenters. The summed E-state index contributed by atoms with van der Waals surface area (Å²) in [5, 5.41) is 17.8. The smallest absolute Gasteiger partial charge is 0.122 e. The van der Waals surface area contributed by atoms with Crippen LogP contribution in [0.3, 0.4) is 0 Å². The molecule has 1 fully saturated rings. The van der Waals surface area contributed by atoms with Gasteiger partial charge in [-0.05, 0) is 47.5 Å². The van der Waals surface area contributed by atoms with E-state index in [2.05, 4.69) is 59.7 Å². The van der Waals surface area contributed by atoms with Crippen molar-refractivity contribution < 1.29 is 4.74 Å². The first-order chi connectivity index (χ1) is 17.3. The Hall–Kier alpha value is -3.87. The number of hydrogen-bond donors (Lipinski definition) is 3. The molecule has 0 bridgehead atoms. The predicted octanol–water partition coefficient (Wildman–Crippen LogP) is 5.49. The summed E-state index contributed by atoms with van der Waals surface area (Å²) in [5.41, 5.74) is 9.67. The number of rotatable bonds is 6. The van der Waals surface area contributed by atoms with Crippen LogP contribution < -0.4 is 10.5 Å². The van der Waals surface area contributed by atoms with Gasteiger partial charge in [0.2, 0.25) is 0 Å². The number of nitrogens with zero attached hydrogens (tertiary/aromatic N) is 3. The van der Waals surface area contributed by atoms with E-state index in [0.717, 1.165) is 64.9 Å². The van der Waals surface area contributed by atoms with Gasteiger partial charge in [0.25, 0.3) is 0 Å². The number of aromatic nitrogens is 2. The summed E-state index contributed by atoms with van der Waals surface area (Å²) in [6.07, 6.45) is 2.02. The zero-order valence-electron chi connectivity index (χ0n) is 21.2. The van der Waals surface area contributed by atoms with Gasteiger partial charge in [-0.15, -0.1) is 0 Å². The van der Waals surface area contributed by atoms with Crippen molar-refractivity contribution in [2.45, 2.75) is 52.2 Å². The van der Waals surface area contributed by atoms with Gasteiger partial charge in [-0.1, -0.05) is 38.1 Å². The van der Waals surface area contributed by atoms with Gasteiger partial charge in [0.1, 0.15) is 23.5 Å². The molecule has 0 saturated carbocycles. The molecule has 0 spiro atoms. The monoisotopic (exact) mass is 482 g/mol. The van der Waals surface area contributed by atoms with Crippen molar-refractivity contribution in [3.05, 3.63) is 71.5 Å². The molecule has 4 N–H and O–H groups in total. The molecule has 7 heteroatoms. The average Bonchev–Trinajstić information content (AvgIpc) is 3.21. The standard InChI is InChI=1S/C29H34N6O/c1-18(2)29-33-26-16-25(36-24-10-12-34(13-11-24)19(3)30)8-9-27(26)35(29)17-20-4-5-21-6-7-22(28(31)32)15-23(21)14-20/h4-9,14-16,18,24,30H,10-13,17H2,1-3H3,(H3,31,32). The highest BCUT2D eigenvalue weighted by atomic mass is 16.5. The third kappa shape index (κ3) is 4.78. The van der Waals surface area contributed by atoms with E-state index in [-0.39, 0.29) is 17.9 Å². The Morgan fingerprint density at radius 2 is 1.78 bits per heavy atom. The summed E-state index contributed by atoms with van der Waals surface area (Å²) in [6.45, 7) is 8.65. The molecule has 1 aromatic heterocycles. The number of likely N-dealkylation sites (tertiary alicyclic amines) is 1. The number of nitrogen functional groups attached to an aromatic ring is 1. The molecule has 1 saturated heterocycles. The van der Waals surface area contributed by atoms with Crippen molar-refractivity contribution in [3.8, 4) is 5.75 Å². The number of piperidine rings is 1. The van der Waals surface area contributed by atoms with Gasteiger partial charge < -0.3 is 19.9 Å². The molecular weight excluding hydrogens is 448 g/mol. The van der Waals surface area contributed by atoms with Gasteiger partial charge in [0, 0.05) is 50.0 Å². The number of ether oxygens (including phenoxy) is 1. The number of benzene rings is 3. The molecule has 1 aliphatic rings. The molecule has 5 rings (SSSR count). The van der Waals surface area contributed by atoms with Gasteiger partial charge in [-0.3, -0.25) is 10.8 Å². The maximum Gasteiger partial charge on any atom is 0.122 e. The van der Waals surface area contributed by atoms with Gasteiger partial charge in [-0.2, -0.15) is 0 Å². The van der Waals surface area contributed by atoms with Crippen LogP contribution in [0.4, 0.5) is 0 Å². The second-order valence-corrected chi connectivity index (χ2v) is 10.1. The second kappa shape index (κ2) is 9.64. The Labute approximate surface area is 211 Å². The van der Waals surface area contributed by atoms with E-state index in [1.807, 2.05) is 25.1 Å². The molecule has 36 heavy (non-hydrogen) atoms. The maximum atomic E-state index is 7.83. The molecule has 2 heterocycles. The Bertz CT molecular complexity index is 1450. The summed E-state index contributed by atoms with van der Waals surface area (Å²) in [6, 6.07) is 18.6. The number of amidine groups is 2. The summed E-state index contributed by atoms with van der Waals surface area (Å²) >= 11 is 0. The number of imidazole rings is 1. The maximum absolute atomic E-state index is 7.83. The third-order valence-corrected chi connectivity index (χ3v) is 7.04. The highest BCUT2D eigenvalue weighted by Gasteiger charge is 2.21. The SMILES string of the molecule is CC(=N)N1CCC(Oc2ccc3c(c2)nc(C(C)C)n3Cc2ccc3ccc(C(=N)N)cc3c2)CC1. The van der Waals surface area contributed by atoms with Crippen LogP contribution in [-0.2, 0) is 6.54 Å². The molecule has 186 valence electrons. The van der Waals surface area contributed by atoms with E-state index < -0.39 is 0 Å². The molecule has 1 aliphatic heterocycles. The molecule has 3 aromatic carbocycles. The molecule has 0 radical (unpaired) electrons. The minimum Gasteiger partial charge on any atom is -0.490 e. The summed E-state index contributed by atoms with van der Waals surface area (Å²) in [7, 11) is 0. The van der Waals surface area contributed by atoms with Crippen LogP contribution in [0.1, 0.15) is 56.5 Å². The largest absolute Gasteiger partial charge is 0.490 e. The molecular formula is C29H34N6O. The lowest BCUT2D eigenvalue weighted by atomic mass is 10.0. The van der Waals surface area contributed by atoms with Crippen LogP contribution in [0.2, 0.25) is 0 Å². The van der Waals surface area contributed by atoms with Crippen molar-refractivity contribution in [1.29, 1.82) is 10.8 Å². The quantitative estimate of drug-likeness (QED) is 0.250. The van der Waals surface area contributed by atoms with Gasteiger partial charge in [-0.25, -0.2) is 4.98 Å². The normalized spacial score (nSPS) is 14.6. The van der Waals surface area contributed by atoms with Crippen LogP contribution in [0, 0.1) is 10.8 Å². The Kier molecular flexibility index (Phi) is 6.39. The minimum atomic E-state index is 0.0819. The number of fused-ring (bicyclic) bond motifs is 2. The Morgan fingerprint density at radius 1 is 1.03 bits per heavy atom. The van der Waals surface area contributed by atoms with Crippen LogP contribution >= 0.6 is 0 Å². The Balaban J connectivity index is 1.41. The topological polar surface area (TPSA) is 104 Å². The van der Waals surface area contributed by atoms with E-state index in [1.165, 1.54) is 5.56 Å².